The second-order valence-electron chi connectivity index (χ2n) is 9.63. The van der Waals surface area contributed by atoms with E-state index >= 15 is 0 Å². The van der Waals surface area contributed by atoms with Gasteiger partial charge < -0.3 is 20.1 Å². The number of fused-ring (bicyclic) bond motifs is 1. The summed E-state index contributed by atoms with van der Waals surface area (Å²) in [5, 5.41) is 6.68. The zero-order valence-electron chi connectivity index (χ0n) is 21.3. The van der Waals surface area contributed by atoms with Gasteiger partial charge in [-0.2, -0.15) is 0 Å². The fraction of sp³-hybridized carbons (Fsp3) is 0.407. The summed E-state index contributed by atoms with van der Waals surface area (Å²) in [6.45, 7) is 11.8. The van der Waals surface area contributed by atoms with Crippen LogP contribution in [-0.2, 0) is 0 Å². The van der Waals surface area contributed by atoms with Crippen LogP contribution in [0.1, 0.15) is 45.5 Å². The fourth-order valence-electron chi connectivity index (χ4n) is 4.94. The molecule has 4 aromatic rings. The number of imidazole rings is 1. The van der Waals surface area contributed by atoms with Crippen molar-refractivity contribution in [1.29, 1.82) is 0 Å². The molecule has 0 aliphatic carbocycles. The van der Waals surface area contributed by atoms with E-state index in [0.29, 0.717) is 23.4 Å². The predicted octanol–water partition coefficient (Wildman–Crippen LogP) is 5.56. The minimum absolute atomic E-state index is 0.236. The van der Waals surface area contributed by atoms with Gasteiger partial charge in [-0.05, 0) is 64.4 Å². The van der Waals surface area contributed by atoms with Crippen molar-refractivity contribution < 1.29 is 4.39 Å². The maximum Gasteiger partial charge on any atom is 0.229 e. The molecule has 0 amide bonds. The summed E-state index contributed by atoms with van der Waals surface area (Å²) in [6.07, 6.45) is 5.26. The second-order valence-corrected chi connectivity index (χ2v) is 9.63. The van der Waals surface area contributed by atoms with Crippen molar-refractivity contribution in [3.63, 3.8) is 0 Å². The lowest BCUT2D eigenvalue weighted by atomic mass is 10.0. The SMILES string of the molecule is CCN1CCC(Nc2ccc(Nc3ncc(F)c(-c4ccc5nc(C)n(C(C)C)c5c4)n3)nc2)CC1. The first-order chi connectivity index (χ1) is 17.4. The van der Waals surface area contributed by atoms with Crippen LogP contribution >= 0.6 is 0 Å². The van der Waals surface area contributed by atoms with E-state index < -0.39 is 5.82 Å². The quantitative estimate of drug-likeness (QED) is 0.352. The number of hydrogen-bond acceptors (Lipinski definition) is 7. The largest absolute Gasteiger partial charge is 0.381 e. The molecule has 1 saturated heterocycles. The van der Waals surface area contributed by atoms with Crippen LogP contribution in [0.2, 0.25) is 0 Å². The summed E-state index contributed by atoms with van der Waals surface area (Å²) in [4.78, 5) is 20.2. The number of aromatic nitrogens is 5. The number of nitrogens with zero attached hydrogens (tertiary/aromatic N) is 6. The van der Waals surface area contributed by atoms with Crippen molar-refractivity contribution in [3.8, 4) is 11.3 Å². The molecule has 0 bridgehead atoms. The van der Waals surface area contributed by atoms with Crippen LogP contribution in [0.15, 0.2) is 42.7 Å². The van der Waals surface area contributed by atoms with Crippen LogP contribution in [0.5, 0.6) is 0 Å². The number of anilines is 3. The third-order valence-corrected chi connectivity index (χ3v) is 6.81. The number of halogens is 1. The van der Waals surface area contributed by atoms with Gasteiger partial charge in [0.2, 0.25) is 5.95 Å². The Hall–Kier alpha value is -3.59. The van der Waals surface area contributed by atoms with Crippen molar-refractivity contribution >= 4 is 28.5 Å². The molecule has 36 heavy (non-hydrogen) atoms. The third kappa shape index (κ3) is 5.02. The number of pyridine rings is 1. The molecule has 1 aromatic carbocycles. The minimum Gasteiger partial charge on any atom is -0.381 e. The Kier molecular flexibility index (Phi) is 6.82. The van der Waals surface area contributed by atoms with Crippen LogP contribution in [0, 0.1) is 12.7 Å². The molecule has 0 spiro atoms. The van der Waals surface area contributed by atoms with E-state index in [4.69, 9.17) is 0 Å². The molecule has 1 aliphatic heterocycles. The van der Waals surface area contributed by atoms with Gasteiger partial charge >= 0.3 is 0 Å². The van der Waals surface area contributed by atoms with Crippen LogP contribution in [-0.4, -0.2) is 55.1 Å². The van der Waals surface area contributed by atoms with Gasteiger partial charge in [0, 0.05) is 30.7 Å². The van der Waals surface area contributed by atoms with Gasteiger partial charge in [0.15, 0.2) is 5.82 Å². The molecule has 0 radical (unpaired) electrons. The van der Waals surface area contributed by atoms with Crippen LogP contribution in [0.3, 0.4) is 0 Å². The first kappa shape index (κ1) is 24.1. The highest BCUT2D eigenvalue weighted by Crippen LogP contribution is 2.28. The molecule has 1 aliphatic rings. The molecule has 3 aromatic heterocycles. The zero-order valence-corrected chi connectivity index (χ0v) is 21.3. The van der Waals surface area contributed by atoms with E-state index in [-0.39, 0.29) is 11.7 Å². The van der Waals surface area contributed by atoms with Gasteiger partial charge in [-0.1, -0.05) is 13.0 Å². The molecule has 9 heteroatoms. The van der Waals surface area contributed by atoms with Gasteiger partial charge in [-0.3, -0.25) is 0 Å². The molecule has 0 saturated carbocycles. The van der Waals surface area contributed by atoms with E-state index in [1.165, 1.54) is 6.20 Å². The molecule has 188 valence electrons. The van der Waals surface area contributed by atoms with E-state index in [1.54, 1.807) is 0 Å². The second kappa shape index (κ2) is 10.2. The third-order valence-electron chi connectivity index (χ3n) is 6.81. The zero-order chi connectivity index (χ0) is 25.2. The number of hydrogen-bond donors (Lipinski definition) is 2. The van der Waals surface area contributed by atoms with Gasteiger partial charge in [0.1, 0.15) is 17.3 Å². The summed E-state index contributed by atoms with van der Waals surface area (Å²) < 4.78 is 16.9. The average Bonchev–Trinajstić information content (AvgIpc) is 3.22. The standard InChI is InChI=1S/C27H33FN8/c1-5-35-12-10-20(11-13-35)32-21-7-9-25(29-15-21)33-27-30-16-22(28)26(34-27)19-6-8-23-24(14-19)36(17(2)3)18(4)31-23/h6-9,14-17,20,32H,5,10-13H2,1-4H3,(H,29,30,33,34). The maximum absolute atomic E-state index is 14.8. The molecular weight excluding hydrogens is 455 g/mol. The Morgan fingerprint density at radius 3 is 2.56 bits per heavy atom. The lowest BCUT2D eigenvalue weighted by Gasteiger charge is -2.31. The fourth-order valence-corrected chi connectivity index (χ4v) is 4.94. The molecule has 1 fully saturated rings. The Labute approximate surface area is 211 Å². The van der Waals surface area contributed by atoms with Crippen molar-refractivity contribution in [2.24, 2.45) is 0 Å². The van der Waals surface area contributed by atoms with Crippen molar-refractivity contribution in [2.75, 3.05) is 30.3 Å². The molecule has 2 N–H and O–H groups in total. The van der Waals surface area contributed by atoms with Crippen LogP contribution in [0.4, 0.5) is 21.8 Å². The first-order valence-electron chi connectivity index (χ1n) is 12.6. The smallest absolute Gasteiger partial charge is 0.229 e. The van der Waals surface area contributed by atoms with Gasteiger partial charge in [-0.15, -0.1) is 0 Å². The van der Waals surface area contributed by atoms with Gasteiger partial charge in [-0.25, -0.2) is 24.3 Å². The van der Waals surface area contributed by atoms with Crippen LogP contribution in [0.25, 0.3) is 22.3 Å². The highest BCUT2D eigenvalue weighted by molar-refractivity contribution is 5.82. The minimum atomic E-state index is -0.478. The summed E-state index contributed by atoms with van der Waals surface area (Å²) in [7, 11) is 0. The number of nitrogens with one attached hydrogen (secondary N) is 2. The maximum atomic E-state index is 14.8. The van der Waals surface area contributed by atoms with E-state index in [0.717, 1.165) is 55.0 Å². The van der Waals surface area contributed by atoms with E-state index in [2.05, 4.69) is 60.8 Å². The predicted molar refractivity (Wildman–Crippen MR) is 142 cm³/mol. The Morgan fingerprint density at radius 1 is 1.06 bits per heavy atom. The Bertz CT molecular complexity index is 1340. The van der Waals surface area contributed by atoms with E-state index in [9.17, 15) is 4.39 Å². The number of likely N-dealkylation sites (tertiary alicyclic amines) is 1. The Morgan fingerprint density at radius 2 is 1.86 bits per heavy atom. The monoisotopic (exact) mass is 488 g/mol. The van der Waals surface area contributed by atoms with Gasteiger partial charge in [0.05, 0.1) is 29.1 Å². The molecule has 0 atom stereocenters. The molecule has 8 nitrogen and oxygen atoms in total. The van der Waals surface area contributed by atoms with Gasteiger partial charge in [0.25, 0.3) is 0 Å². The Balaban J connectivity index is 1.32. The number of rotatable bonds is 7. The van der Waals surface area contributed by atoms with Crippen molar-refractivity contribution in [1.82, 2.24) is 29.4 Å². The molecular formula is C27H33FN8. The number of piperidine rings is 1. The first-order valence-corrected chi connectivity index (χ1v) is 12.6. The molecule has 5 rings (SSSR count). The number of benzene rings is 1. The lowest BCUT2D eigenvalue weighted by molar-refractivity contribution is 0.229. The highest BCUT2D eigenvalue weighted by Gasteiger charge is 2.18. The summed E-state index contributed by atoms with van der Waals surface area (Å²) in [6, 6.07) is 10.3. The highest BCUT2D eigenvalue weighted by atomic mass is 19.1. The average molecular weight is 489 g/mol. The van der Waals surface area contributed by atoms with Crippen molar-refractivity contribution in [2.45, 2.75) is 52.6 Å². The normalized spacial score (nSPS) is 15.1. The molecule has 0 unspecified atom stereocenters. The summed E-state index contributed by atoms with van der Waals surface area (Å²) in [5.41, 5.74) is 3.74. The van der Waals surface area contributed by atoms with Crippen LogP contribution < -0.4 is 10.6 Å². The summed E-state index contributed by atoms with van der Waals surface area (Å²) in [5.74, 6) is 1.34. The lowest BCUT2D eigenvalue weighted by Crippen LogP contribution is -2.38. The van der Waals surface area contributed by atoms with Crippen molar-refractivity contribution in [3.05, 3.63) is 54.4 Å². The topological polar surface area (TPSA) is 83.8 Å². The number of aryl methyl sites for hydroxylation is 1. The summed E-state index contributed by atoms with van der Waals surface area (Å²) >= 11 is 0. The van der Waals surface area contributed by atoms with E-state index in [1.807, 2.05) is 43.5 Å². The molecule has 4 heterocycles.